The number of fused-ring (bicyclic) bond motifs is 1. The van der Waals surface area contributed by atoms with Gasteiger partial charge in [-0.15, -0.1) is 0 Å². The first-order valence-electron chi connectivity index (χ1n) is 15.9. The summed E-state index contributed by atoms with van der Waals surface area (Å²) in [5.41, 5.74) is 6.41. The molecule has 2 bridgehead atoms. The second-order valence-electron chi connectivity index (χ2n) is 12.4. The van der Waals surface area contributed by atoms with E-state index in [1.165, 1.54) is 38.2 Å². The van der Waals surface area contributed by atoms with Gasteiger partial charge in [0.25, 0.3) is 0 Å². The molecule has 0 amide bonds. The number of ketones is 1. The van der Waals surface area contributed by atoms with Crippen LogP contribution >= 0.6 is 6.89 Å². The molecular weight excluding hydrogens is 563 g/mol. The lowest BCUT2D eigenvalue weighted by Gasteiger charge is -2.49. The van der Waals surface area contributed by atoms with Crippen LogP contribution in [0.4, 0.5) is 0 Å². The Kier molecular flexibility index (Phi) is 7.00. The van der Waals surface area contributed by atoms with Crippen LogP contribution in [0.1, 0.15) is 46.6 Å². The fourth-order valence-electron chi connectivity index (χ4n) is 8.39. The van der Waals surface area contributed by atoms with Crippen LogP contribution in [0, 0.1) is 11.8 Å². The van der Waals surface area contributed by atoms with Crippen LogP contribution in [0.25, 0.3) is 0 Å². The lowest BCUT2D eigenvalue weighted by atomic mass is 9.53. The molecule has 6 aromatic carbocycles. The van der Waals surface area contributed by atoms with E-state index in [0.717, 1.165) is 10.9 Å². The fraction of sp³-hybridized carbons (Fsp3) is 0.116. The van der Waals surface area contributed by atoms with Gasteiger partial charge >= 0.3 is 0 Å². The summed E-state index contributed by atoms with van der Waals surface area (Å²) in [6, 6.07) is 60.7. The van der Waals surface area contributed by atoms with Crippen LogP contribution in [0.2, 0.25) is 0 Å². The summed E-state index contributed by atoms with van der Waals surface area (Å²) in [6.07, 6.45) is 0. The van der Waals surface area contributed by atoms with E-state index in [0.29, 0.717) is 0 Å². The second-order valence-corrected chi connectivity index (χ2v) is 15.7. The zero-order valence-electron chi connectivity index (χ0n) is 25.3. The Bertz CT molecular complexity index is 1900. The van der Waals surface area contributed by atoms with Crippen LogP contribution in [0.5, 0.6) is 0 Å². The van der Waals surface area contributed by atoms with Crippen LogP contribution in [-0.2, 0) is 4.79 Å². The van der Waals surface area contributed by atoms with Gasteiger partial charge in [-0.05, 0) is 56.5 Å². The maximum atomic E-state index is 16.1. The predicted molar refractivity (Wildman–Crippen MR) is 190 cm³/mol. The van der Waals surface area contributed by atoms with E-state index in [4.69, 9.17) is 0 Å². The van der Waals surface area contributed by atoms with Gasteiger partial charge in [-0.25, -0.2) is 0 Å². The van der Waals surface area contributed by atoms with Crippen LogP contribution < -0.4 is 15.9 Å². The number of benzene rings is 6. The van der Waals surface area contributed by atoms with Crippen LogP contribution in [-0.4, -0.2) is 11.1 Å². The monoisotopic (exact) mass is 598 g/mol. The molecule has 0 radical (unpaired) electrons. The van der Waals surface area contributed by atoms with E-state index in [2.05, 4.69) is 177 Å². The SMILES string of the molecule is CC1C2c3ccccc3C(c3ccccc32)C1C(=O)C(c1ccccc1)=P(c1ccccc1)(c1ccccc1)c1ccccc1. The van der Waals surface area contributed by atoms with Gasteiger partial charge in [-0.2, -0.15) is 0 Å². The number of rotatable bonds is 6. The standard InChI is InChI=1S/C43H35OP/c1-30-39-35-26-14-16-28-37(35)41(38-29-17-15-27-36(38)39)40(30)42(44)43(31-18-6-2-7-19-31)45(32-20-8-3-9-21-32,33-22-10-4-11-23-33)34-24-12-5-13-25-34/h2-30,39-41H,1H3. The highest BCUT2D eigenvalue weighted by molar-refractivity contribution is 7.96. The van der Waals surface area contributed by atoms with Crippen molar-refractivity contribution in [2.24, 2.45) is 11.8 Å². The third-order valence-electron chi connectivity index (χ3n) is 10.1. The van der Waals surface area contributed by atoms with Crippen molar-refractivity contribution in [1.82, 2.24) is 0 Å². The Morgan fingerprint density at radius 1 is 0.444 bits per heavy atom. The van der Waals surface area contributed by atoms with Crippen molar-refractivity contribution >= 4 is 33.9 Å². The number of hydrogen-bond acceptors (Lipinski definition) is 1. The van der Waals surface area contributed by atoms with E-state index in [1.54, 1.807) is 0 Å². The summed E-state index contributed by atoms with van der Waals surface area (Å²) in [6.45, 7) is -0.337. The van der Waals surface area contributed by atoms with Gasteiger partial charge in [0, 0.05) is 23.0 Å². The quantitative estimate of drug-likeness (QED) is 0.176. The average Bonchev–Trinajstić information content (AvgIpc) is 3.12. The average molecular weight is 599 g/mol. The Morgan fingerprint density at radius 2 is 0.778 bits per heavy atom. The van der Waals surface area contributed by atoms with Gasteiger partial charge < -0.3 is 0 Å². The molecule has 6 aromatic rings. The van der Waals surface area contributed by atoms with E-state index in [9.17, 15) is 0 Å². The largest absolute Gasteiger partial charge is 0.294 e. The Hall–Kier alpha value is -4.71. The van der Waals surface area contributed by atoms with Gasteiger partial charge in [-0.1, -0.05) is 177 Å². The molecule has 9 rings (SSSR count). The first kappa shape index (κ1) is 27.8. The van der Waals surface area contributed by atoms with Crippen molar-refractivity contribution in [3.63, 3.8) is 0 Å². The first-order chi connectivity index (χ1) is 22.2. The molecule has 0 aliphatic heterocycles. The molecular formula is C43H35OP. The van der Waals surface area contributed by atoms with E-state index >= 15 is 4.79 Å². The maximum Gasteiger partial charge on any atom is 0.168 e. The molecule has 218 valence electrons. The van der Waals surface area contributed by atoms with Crippen molar-refractivity contribution in [3.8, 4) is 0 Å². The highest BCUT2D eigenvalue weighted by Gasteiger charge is 2.52. The van der Waals surface area contributed by atoms with Gasteiger partial charge in [0.1, 0.15) is 0 Å². The highest BCUT2D eigenvalue weighted by atomic mass is 31.2. The minimum Gasteiger partial charge on any atom is -0.294 e. The Balaban J connectivity index is 1.52. The van der Waals surface area contributed by atoms with Crippen molar-refractivity contribution < 1.29 is 4.79 Å². The number of Topliss-reactive ketones (excluding diaryl/α,β-unsaturated/α-hetero) is 1. The summed E-state index contributed by atoms with van der Waals surface area (Å²) in [5.74, 6) is 0.428. The van der Waals surface area contributed by atoms with Crippen LogP contribution in [0.15, 0.2) is 170 Å². The molecule has 0 heterocycles. The van der Waals surface area contributed by atoms with Gasteiger partial charge in [0.2, 0.25) is 0 Å². The van der Waals surface area contributed by atoms with Crippen molar-refractivity contribution in [3.05, 3.63) is 198 Å². The summed E-state index contributed by atoms with van der Waals surface area (Å²) in [5, 5.41) is 4.54. The molecule has 0 aromatic heterocycles. The van der Waals surface area contributed by atoms with Gasteiger partial charge in [0.05, 0.1) is 0 Å². The number of carbonyl (C=O) groups is 1. The molecule has 3 aliphatic carbocycles. The minimum atomic E-state index is -2.66. The molecule has 0 N–H and O–H groups in total. The molecule has 2 atom stereocenters. The van der Waals surface area contributed by atoms with Gasteiger partial charge in [0.15, 0.2) is 5.78 Å². The maximum absolute atomic E-state index is 16.1. The zero-order valence-corrected chi connectivity index (χ0v) is 26.2. The third-order valence-corrected chi connectivity index (χ3v) is 14.5. The van der Waals surface area contributed by atoms with Crippen LogP contribution in [0.3, 0.4) is 0 Å². The molecule has 0 spiro atoms. The molecule has 0 saturated carbocycles. The van der Waals surface area contributed by atoms with E-state index in [-0.39, 0.29) is 29.5 Å². The summed E-state index contributed by atoms with van der Waals surface area (Å²) < 4.78 is 0. The van der Waals surface area contributed by atoms with Crippen molar-refractivity contribution in [1.29, 1.82) is 0 Å². The molecule has 3 aliphatic rings. The van der Waals surface area contributed by atoms with Crippen molar-refractivity contribution in [2.45, 2.75) is 18.8 Å². The van der Waals surface area contributed by atoms with Crippen molar-refractivity contribution in [2.75, 3.05) is 0 Å². The highest BCUT2D eigenvalue weighted by Crippen LogP contribution is 2.59. The number of hydrogen-bond donors (Lipinski definition) is 0. The summed E-state index contributed by atoms with van der Waals surface area (Å²) in [7, 11) is 0. The molecule has 45 heavy (non-hydrogen) atoms. The third kappa shape index (κ3) is 4.26. The molecule has 0 saturated heterocycles. The molecule has 1 nitrogen and oxygen atoms in total. The Labute approximate surface area is 266 Å². The second kappa shape index (κ2) is 11.3. The topological polar surface area (TPSA) is 17.1 Å². The lowest BCUT2D eigenvalue weighted by Crippen LogP contribution is -2.46. The zero-order chi connectivity index (χ0) is 30.4. The first-order valence-corrected chi connectivity index (χ1v) is 17.7. The minimum absolute atomic E-state index is 0.00725. The number of carbonyl (C=O) groups excluding carboxylic acids is 1. The summed E-state index contributed by atoms with van der Waals surface area (Å²) >= 11 is 0. The molecule has 2 unspecified atom stereocenters. The predicted octanol–water partition coefficient (Wildman–Crippen LogP) is 8.31. The molecule has 2 heteroatoms. The normalized spacial score (nSPS) is 19.8. The Morgan fingerprint density at radius 3 is 1.18 bits per heavy atom. The van der Waals surface area contributed by atoms with E-state index in [1.807, 2.05) is 0 Å². The van der Waals surface area contributed by atoms with Gasteiger partial charge in [-0.3, -0.25) is 4.79 Å². The molecule has 0 fully saturated rings. The summed E-state index contributed by atoms with van der Waals surface area (Å²) in [4.78, 5) is 16.1. The fourth-order valence-corrected chi connectivity index (χ4v) is 12.9. The lowest BCUT2D eigenvalue weighted by molar-refractivity contribution is -0.118. The smallest absolute Gasteiger partial charge is 0.168 e. The van der Waals surface area contributed by atoms with E-state index < -0.39 is 6.89 Å².